The molecular weight excluding hydrogens is 292 g/mol. The van der Waals surface area contributed by atoms with Crippen LogP contribution in [0, 0.1) is 13.8 Å². The lowest BCUT2D eigenvalue weighted by Crippen LogP contribution is -2.47. The van der Waals surface area contributed by atoms with Gasteiger partial charge < -0.3 is 10.3 Å². The zero-order valence-corrected chi connectivity index (χ0v) is 13.5. The van der Waals surface area contributed by atoms with Gasteiger partial charge in [-0.1, -0.05) is 0 Å². The summed E-state index contributed by atoms with van der Waals surface area (Å²) in [4.78, 5) is 26.9. The average molecular weight is 312 g/mol. The number of sulfone groups is 1. The van der Waals surface area contributed by atoms with Crippen molar-refractivity contribution in [3.8, 4) is 0 Å². The topological polar surface area (TPSA) is 96.1 Å². The van der Waals surface area contributed by atoms with E-state index in [-0.39, 0.29) is 23.2 Å². The summed E-state index contributed by atoms with van der Waals surface area (Å²) >= 11 is 0. The highest BCUT2D eigenvalue weighted by Crippen LogP contribution is 2.24. The summed E-state index contributed by atoms with van der Waals surface area (Å²) in [5, 5.41) is 2.79. The van der Waals surface area contributed by atoms with Crippen LogP contribution >= 0.6 is 0 Å². The number of aryl methyl sites for hydroxylation is 1. The van der Waals surface area contributed by atoms with Crippen LogP contribution in [0.2, 0.25) is 0 Å². The molecule has 2 N–H and O–H groups in total. The zero-order chi connectivity index (χ0) is 16.0. The van der Waals surface area contributed by atoms with E-state index >= 15 is 0 Å². The molecule has 0 aromatic carbocycles. The first-order chi connectivity index (χ1) is 9.55. The van der Waals surface area contributed by atoms with E-state index < -0.39 is 15.4 Å². The second-order valence-corrected chi connectivity index (χ2v) is 8.22. The molecule has 0 aliphatic carbocycles. The van der Waals surface area contributed by atoms with Gasteiger partial charge >= 0.3 is 0 Å². The predicted molar refractivity (Wildman–Crippen MR) is 79.4 cm³/mol. The monoisotopic (exact) mass is 312 g/mol. The number of rotatable bonds is 3. The van der Waals surface area contributed by atoms with Crippen LogP contribution in [0.1, 0.15) is 52.4 Å². The predicted octanol–water partition coefficient (Wildman–Crippen LogP) is 1.14. The molecule has 1 amide bonds. The molecular formula is C14H20N2O4S. The number of nitrogens with one attached hydrogen (secondary N) is 2. The van der Waals surface area contributed by atoms with Crippen molar-refractivity contribution in [1.29, 1.82) is 0 Å². The van der Waals surface area contributed by atoms with Gasteiger partial charge in [0.15, 0.2) is 15.6 Å². The minimum absolute atomic E-state index is 0.0515. The summed E-state index contributed by atoms with van der Waals surface area (Å²) in [6.45, 7) is 6.63. The maximum atomic E-state index is 12.4. The van der Waals surface area contributed by atoms with E-state index in [1.807, 2.05) is 0 Å². The number of carbonyl (C=O) groups excluding carboxylic acids is 2. The summed E-state index contributed by atoms with van der Waals surface area (Å²) < 4.78 is 23.1. The van der Waals surface area contributed by atoms with Gasteiger partial charge in [0.2, 0.25) is 0 Å². The summed E-state index contributed by atoms with van der Waals surface area (Å²) in [6, 6.07) is 0. The van der Waals surface area contributed by atoms with E-state index in [1.54, 1.807) is 20.8 Å². The maximum Gasteiger partial charge on any atom is 0.268 e. The lowest BCUT2D eigenvalue weighted by atomic mass is 10.0. The number of aromatic amines is 1. The molecule has 1 atom stereocenters. The molecule has 0 radical (unpaired) electrons. The number of carbonyl (C=O) groups is 2. The van der Waals surface area contributed by atoms with E-state index in [1.165, 1.54) is 6.92 Å². The highest BCUT2D eigenvalue weighted by atomic mass is 32.2. The number of hydrogen-bond acceptors (Lipinski definition) is 4. The van der Waals surface area contributed by atoms with Gasteiger partial charge in [-0.2, -0.15) is 0 Å². The first-order valence-electron chi connectivity index (χ1n) is 6.78. The molecule has 7 heteroatoms. The molecule has 6 nitrogen and oxygen atoms in total. The van der Waals surface area contributed by atoms with Gasteiger partial charge in [0.25, 0.3) is 5.91 Å². The number of hydrogen-bond donors (Lipinski definition) is 2. The number of ketones is 1. The van der Waals surface area contributed by atoms with E-state index in [0.717, 1.165) is 0 Å². The first-order valence-corrected chi connectivity index (χ1v) is 8.60. The molecule has 0 bridgehead atoms. The second-order valence-electron chi connectivity index (χ2n) is 6.04. The molecule has 2 heterocycles. The third kappa shape index (κ3) is 3.02. The van der Waals surface area contributed by atoms with Crippen LogP contribution in [0.5, 0.6) is 0 Å². The fraction of sp³-hybridized carbons (Fsp3) is 0.571. The van der Waals surface area contributed by atoms with Gasteiger partial charge in [0, 0.05) is 11.3 Å². The molecule has 1 aromatic heterocycles. The quantitative estimate of drug-likeness (QED) is 0.818. The number of amides is 1. The number of H-pyrrole nitrogens is 1. The molecule has 0 saturated carbocycles. The molecule has 1 aliphatic rings. The van der Waals surface area contributed by atoms with Crippen molar-refractivity contribution in [1.82, 2.24) is 10.3 Å². The van der Waals surface area contributed by atoms with Gasteiger partial charge in [-0.25, -0.2) is 8.42 Å². The Morgan fingerprint density at radius 2 is 1.90 bits per heavy atom. The molecule has 2 rings (SSSR count). The van der Waals surface area contributed by atoms with E-state index in [2.05, 4.69) is 10.3 Å². The SMILES string of the molecule is CC(=O)c1c(C)[nH]c(C(=O)N[C@]2(C)CCS(=O)(=O)C2)c1C. The van der Waals surface area contributed by atoms with E-state index in [0.29, 0.717) is 28.9 Å². The Bertz CT molecular complexity index is 718. The Morgan fingerprint density at radius 1 is 1.29 bits per heavy atom. The van der Waals surface area contributed by atoms with Crippen LogP contribution in [0.25, 0.3) is 0 Å². The standard InChI is InChI=1S/C14H20N2O4S/c1-8-11(10(3)17)9(2)15-12(8)13(18)16-14(4)5-6-21(19,20)7-14/h15H,5-7H2,1-4H3,(H,16,18)/t14-/m1/s1. The van der Waals surface area contributed by atoms with Crippen LogP contribution in [0.4, 0.5) is 0 Å². The van der Waals surface area contributed by atoms with Gasteiger partial charge in [0.1, 0.15) is 5.69 Å². The summed E-state index contributed by atoms with van der Waals surface area (Å²) in [6.07, 6.45) is 0.402. The normalized spacial score (nSPS) is 24.0. The fourth-order valence-electron chi connectivity index (χ4n) is 2.95. The van der Waals surface area contributed by atoms with Crippen molar-refractivity contribution in [2.75, 3.05) is 11.5 Å². The molecule has 1 fully saturated rings. The van der Waals surface area contributed by atoms with Crippen LogP contribution < -0.4 is 5.32 Å². The minimum Gasteiger partial charge on any atom is -0.354 e. The molecule has 21 heavy (non-hydrogen) atoms. The molecule has 1 aromatic rings. The highest BCUT2D eigenvalue weighted by Gasteiger charge is 2.40. The average Bonchev–Trinajstić information content (AvgIpc) is 2.75. The molecule has 0 spiro atoms. The van der Waals surface area contributed by atoms with Crippen molar-refractivity contribution < 1.29 is 18.0 Å². The Kier molecular flexibility index (Phi) is 3.73. The van der Waals surface area contributed by atoms with Gasteiger partial charge in [-0.3, -0.25) is 9.59 Å². The van der Waals surface area contributed by atoms with Crippen molar-refractivity contribution in [3.05, 3.63) is 22.5 Å². The third-order valence-electron chi connectivity index (χ3n) is 3.94. The molecule has 1 aliphatic heterocycles. The zero-order valence-electron chi connectivity index (χ0n) is 12.7. The summed E-state index contributed by atoms with van der Waals surface area (Å²) in [5.41, 5.74) is 1.33. The van der Waals surface area contributed by atoms with Crippen molar-refractivity contribution in [2.45, 2.75) is 39.7 Å². The van der Waals surface area contributed by atoms with Crippen molar-refractivity contribution >= 4 is 21.5 Å². The minimum atomic E-state index is -3.09. The third-order valence-corrected chi connectivity index (χ3v) is 5.84. The Labute approximate surface area is 124 Å². The largest absolute Gasteiger partial charge is 0.354 e. The highest BCUT2D eigenvalue weighted by molar-refractivity contribution is 7.91. The van der Waals surface area contributed by atoms with Gasteiger partial charge in [0.05, 0.1) is 17.0 Å². The lowest BCUT2D eigenvalue weighted by Gasteiger charge is -2.23. The number of aromatic nitrogens is 1. The van der Waals surface area contributed by atoms with Crippen molar-refractivity contribution in [3.63, 3.8) is 0 Å². The Balaban J connectivity index is 2.26. The van der Waals surface area contributed by atoms with E-state index in [9.17, 15) is 18.0 Å². The summed E-state index contributed by atoms with van der Waals surface area (Å²) in [7, 11) is -3.09. The smallest absolute Gasteiger partial charge is 0.268 e. The second kappa shape index (κ2) is 4.98. The van der Waals surface area contributed by atoms with Crippen LogP contribution in [0.15, 0.2) is 0 Å². The van der Waals surface area contributed by atoms with E-state index in [4.69, 9.17) is 0 Å². The van der Waals surface area contributed by atoms with Crippen molar-refractivity contribution in [2.24, 2.45) is 0 Å². The Morgan fingerprint density at radius 3 is 2.33 bits per heavy atom. The summed E-state index contributed by atoms with van der Waals surface area (Å²) in [5.74, 6) is -0.437. The molecule has 0 unspecified atom stereocenters. The van der Waals surface area contributed by atoms with Crippen LogP contribution in [0.3, 0.4) is 0 Å². The van der Waals surface area contributed by atoms with Crippen LogP contribution in [-0.2, 0) is 9.84 Å². The molecule has 116 valence electrons. The number of Topliss-reactive ketones (excluding diaryl/α,β-unsaturated/α-hetero) is 1. The van der Waals surface area contributed by atoms with Gasteiger partial charge in [-0.05, 0) is 39.7 Å². The lowest BCUT2D eigenvalue weighted by molar-refractivity contribution is 0.0910. The Hall–Kier alpha value is -1.63. The fourth-order valence-corrected chi connectivity index (χ4v) is 5.04. The first kappa shape index (κ1) is 15.8. The molecule has 1 saturated heterocycles. The van der Waals surface area contributed by atoms with Gasteiger partial charge in [-0.15, -0.1) is 0 Å². The van der Waals surface area contributed by atoms with Crippen LogP contribution in [-0.4, -0.2) is 42.1 Å². The maximum absolute atomic E-state index is 12.4.